The molecule has 0 saturated carbocycles. The zero-order valence-corrected chi connectivity index (χ0v) is 15.8. The number of rotatable bonds is 11. The van der Waals surface area contributed by atoms with Crippen LogP contribution in [-0.2, 0) is 16.1 Å². The van der Waals surface area contributed by atoms with Crippen molar-refractivity contribution < 1.29 is 19.4 Å². The van der Waals surface area contributed by atoms with Gasteiger partial charge in [-0.25, -0.2) is 4.79 Å². The number of hydrogen-bond donors (Lipinski definition) is 3. The maximum atomic E-state index is 11.9. The molecule has 2 unspecified atom stereocenters. The molecule has 11 heteroatoms. The molecule has 1 amide bonds. The number of hydrogen-bond acceptors (Lipinski definition) is 9. The van der Waals surface area contributed by atoms with Gasteiger partial charge in [-0.15, -0.1) is 0 Å². The molecule has 2 atom stereocenters. The van der Waals surface area contributed by atoms with Crippen molar-refractivity contribution in [3.8, 4) is 0 Å². The van der Waals surface area contributed by atoms with Crippen molar-refractivity contribution >= 4 is 39.3 Å². The molecule has 1 rings (SSSR count). The van der Waals surface area contributed by atoms with Crippen molar-refractivity contribution in [2.45, 2.75) is 30.7 Å². The maximum absolute atomic E-state index is 11.9. The standard InChI is InChI=1S/C15H21N5O4S2/c1-25-26-11(6-7-12(16)14(21)22)8-18-15(23)24-9-10-4-2-3-5-13(10)19-20-17/h2-5,11-12,17H,6-9,16H2,1H3,(H-,18,21,22,23). The monoisotopic (exact) mass is 399 g/mol. The summed E-state index contributed by atoms with van der Waals surface area (Å²) in [6.07, 6.45) is 2.08. The van der Waals surface area contributed by atoms with E-state index in [1.165, 1.54) is 21.6 Å². The first-order chi connectivity index (χ1) is 12.5. The van der Waals surface area contributed by atoms with Crippen LogP contribution in [0.25, 0.3) is 0 Å². The number of amides is 1. The number of carboxylic acids is 1. The third-order valence-electron chi connectivity index (χ3n) is 3.32. The Balaban J connectivity index is 2.45. The van der Waals surface area contributed by atoms with Crippen molar-refractivity contribution in [3.63, 3.8) is 0 Å². The number of alkyl carbamates (subject to hydrolysis) is 1. The van der Waals surface area contributed by atoms with Crippen LogP contribution in [0, 0.1) is 5.53 Å². The summed E-state index contributed by atoms with van der Waals surface area (Å²) < 4.78 is 5.15. The van der Waals surface area contributed by atoms with Crippen LogP contribution in [0.2, 0.25) is 0 Å². The van der Waals surface area contributed by atoms with Crippen LogP contribution >= 0.6 is 21.6 Å². The number of nitrogens with zero attached hydrogens (tertiary/aromatic N) is 2. The first-order valence-electron chi connectivity index (χ1n) is 7.69. The lowest BCUT2D eigenvalue weighted by molar-refractivity contribution is -0.307. The summed E-state index contributed by atoms with van der Waals surface area (Å²) in [6.45, 7) is 0.315. The van der Waals surface area contributed by atoms with E-state index in [1.807, 2.05) is 6.26 Å². The summed E-state index contributed by atoms with van der Waals surface area (Å²) in [7, 11) is 3.04. The second kappa shape index (κ2) is 12.3. The van der Waals surface area contributed by atoms with E-state index in [-0.39, 0.29) is 18.3 Å². The van der Waals surface area contributed by atoms with Gasteiger partial charge in [-0.1, -0.05) is 39.8 Å². The second-order valence-electron chi connectivity index (χ2n) is 5.17. The number of benzene rings is 1. The van der Waals surface area contributed by atoms with Crippen molar-refractivity contribution in [3.05, 3.63) is 29.8 Å². The van der Waals surface area contributed by atoms with Gasteiger partial charge in [0, 0.05) is 23.4 Å². The van der Waals surface area contributed by atoms with Crippen LogP contribution < -0.4 is 21.1 Å². The number of ether oxygens (including phenoxy) is 1. The Morgan fingerprint density at radius 3 is 2.81 bits per heavy atom. The Kier molecular flexibility index (Phi) is 10.4. The SMILES string of the molecule is CSSC(CCC(N)C(=O)[O-])CNC(=O)OCc1ccccc1N=[N+]=N. The molecule has 26 heavy (non-hydrogen) atoms. The minimum Gasteiger partial charge on any atom is -0.548 e. The first kappa shape index (κ1) is 22.0. The molecule has 9 nitrogen and oxygen atoms in total. The van der Waals surface area contributed by atoms with Gasteiger partial charge in [-0.3, -0.25) is 0 Å². The van der Waals surface area contributed by atoms with Crippen molar-refractivity contribution in [2.24, 2.45) is 10.8 Å². The molecule has 4 N–H and O–H groups in total. The molecule has 0 aliphatic carbocycles. The normalized spacial score (nSPS) is 12.5. The first-order valence-corrected chi connectivity index (χ1v) is 10.3. The topological polar surface area (TPSA) is 155 Å². The van der Waals surface area contributed by atoms with Gasteiger partial charge in [0.05, 0.1) is 5.97 Å². The Bertz CT molecular complexity index is 655. The molecule has 0 saturated heterocycles. The van der Waals surface area contributed by atoms with Gasteiger partial charge in [0.2, 0.25) is 4.91 Å². The minimum atomic E-state index is -1.28. The Hall–Kier alpha value is -2.07. The molecule has 0 spiro atoms. The van der Waals surface area contributed by atoms with Crippen LogP contribution in [0.5, 0.6) is 0 Å². The van der Waals surface area contributed by atoms with E-state index in [1.54, 1.807) is 24.3 Å². The summed E-state index contributed by atoms with van der Waals surface area (Å²) in [5, 5.41) is 17.0. The molecular formula is C15H21N5O4S2. The maximum Gasteiger partial charge on any atom is 0.407 e. The average molecular weight is 399 g/mol. The quantitative estimate of drug-likeness (QED) is 0.288. The van der Waals surface area contributed by atoms with E-state index < -0.39 is 18.1 Å². The number of aliphatic carboxylic acids is 1. The van der Waals surface area contributed by atoms with Crippen LogP contribution in [0.3, 0.4) is 0 Å². The fourth-order valence-corrected chi connectivity index (χ4v) is 3.94. The molecule has 0 aliphatic heterocycles. The lowest BCUT2D eigenvalue weighted by Crippen LogP contribution is -2.42. The minimum absolute atomic E-state index is 0.00305. The molecule has 0 bridgehead atoms. The van der Waals surface area contributed by atoms with Crippen LogP contribution in [0.15, 0.2) is 29.4 Å². The highest BCUT2D eigenvalue weighted by molar-refractivity contribution is 8.76. The Morgan fingerprint density at radius 2 is 2.15 bits per heavy atom. The third kappa shape index (κ3) is 8.34. The fraction of sp³-hybridized carbons (Fsp3) is 0.467. The third-order valence-corrected chi connectivity index (χ3v) is 5.58. The largest absolute Gasteiger partial charge is 0.548 e. The van der Waals surface area contributed by atoms with E-state index in [9.17, 15) is 14.7 Å². The smallest absolute Gasteiger partial charge is 0.407 e. The number of nitrogens with one attached hydrogen (secondary N) is 2. The van der Waals surface area contributed by atoms with Crippen LogP contribution in [-0.4, -0.2) is 36.2 Å². The summed E-state index contributed by atoms with van der Waals surface area (Å²) in [4.78, 5) is 25.5. The van der Waals surface area contributed by atoms with E-state index >= 15 is 0 Å². The van der Waals surface area contributed by atoms with Crippen molar-refractivity contribution in [1.29, 1.82) is 5.53 Å². The van der Waals surface area contributed by atoms with E-state index in [0.717, 1.165) is 0 Å². The summed E-state index contributed by atoms with van der Waals surface area (Å²) in [5.41, 5.74) is 13.3. The highest BCUT2D eigenvalue weighted by Gasteiger charge is 2.15. The second-order valence-corrected chi connectivity index (χ2v) is 7.94. The Labute approximate surface area is 159 Å². The van der Waals surface area contributed by atoms with Gasteiger partial charge >= 0.3 is 6.09 Å². The van der Waals surface area contributed by atoms with Gasteiger partial charge in [-0.2, -0.15) is 0 Å². The van der Waals surface area contributed by atoms with Gasteiger partial charge < -0.3 is 25.7 Å². The molecule has 1 aromatic carbocycles. The molecular weight excluding hydrogens is 378 g/mol. The predicted octanol–water partition coefficient (Wildman–Crippen LogP) is 1.33. The highest BCUT2D eigenvalue weighted by Crippen LogP contribution is 2.27. The molecule has 0 fully saturated rings. The summed E-state index contributed by atoms with van der Waals surface area (Å²) in [5.74, 6) is -1.28. The number of carbonyl (C=O) groups excluding carboxylic acids is 2. The lowest BCUT2D eigenvalue weighted by atomic mass is 10.1. The zero-order valence-electron chi connectivity index (χ0n) is 14.2. The number of carboxylic acid groups (broad SMARTS) is 1. The molecule has 0 heterocycles. The fourth-order valence-electron chi connectivity index (χ4n) is 1.98. The van der Waals surface area contributed by atoms with Gasteiger partial charge in [0.25, 0.3) is 0 Å². The average Bonchev–Trinajstić information content (AvgIpc) is 2.63. The van der Waals surface area contributed by atoms with E-state index in [0.29, 0.717) is 24.2 Å². The molecule has 0 aliphatic rings. The van der Waals surface area contributed by atoms with Gasteiger partial charge in [-0.05, 0) is 25.2 Å². The predicted molar refractivity (Wildman–Crippen MR) is 98.7 cm³/mol. The summed E-state index contributed by atoms with van der Waals surface area (Å²) in [6, 6.07) is 5.89. The number of carbonyl (C=O) groups is 2. The van der Waals surface area contributed by atoms with Gasteiger partial charge in [0.15, 0.2) is 10.8 Å². The molecule has 0 radical (unpaired) electrons. The molecule has 1 aromatic rings. The molecule has 142 valence electrons. The Morgan fingerprint density at radius 1 is 1.42 bits per heavy atom. The van der Waals surface area contributed by atoms with E-state index in [2.05, 4.69) is 15.3 Å². The van der Waals surface area contributed by atoms with Gasteiger partial charge in [0.1, 0.15) is 12.1 Å². The lowest BCUT2D eigenvalue weighted by Gasteiger charge is -2.18. The van der Waals surface area contributed by atoms with Crippen LogP contribution in [0.1, 0.15) is 18.4 Å². The van der Waals surface area contributed by atoms with E-state index in [4.69, 9.17) is 16.0 Å². The molecule has 0 aromatic heterocycles. The number of nitrogens with two attached hydrogens (primary N) is 1. The highest BCUT2D eigenvalue weighted by atomic mass is 33.1. The van der Waals surface area contributed by atoms with Crippen LogP contribution in [0.4, 0.5) is 10.5 Å². The summed E-state index contributed by atoms with van der Waals surface area (Å²) >= 11 is 0. The van der Waals surface area contributed by atoms with Crippen molar-refractivity contribution in [1.82, 2.24) is 10.2 Å². The zero-order chi connectivity index (χ0) is 19.4. The van der Waals surface area contributed by atoms with Crippen molar-refractivity contribution in [2.75, 3.05) is 12.8 Å².